The van der Waals surface area contributed by atoms with E-state index in [0.717, 1.165) is 24.0 Å². The van der Waals surface area contributed by atoms with Gasteiger partial charge in [0.1, 0.15) is 0 Å². The lowest BCUT2D eigenvalue weighted by Crippen LogP contribution is -2.37. The summed E-state index contributed by atoms with van der Waals surface area (Å²) >= 11 is 12.6. The highest BCUT2D eigenvalue weighted by Gasteiger charge is 2.31. The Morgan fingerprint density at radius 2 is 2.00 bits per heavy atom. The fourth-order valence-corrected chi connectivity index (χ4v) is 3.34. The topological polar surface area (TPSA) is 12.0 Å². The van der Waals surface area contributed by atoms with Crippen LogP contribution < -0.4 is 5.32 Å². The maximum absolute atomic E-state index is 6.41. The summed E-state index contributed by atoms with van der Waals surface area (Å²) in [4.78, 5) is 0. The number of hydrogen-bond donors (Lipinski definition) is 1. The minimum Gasteiger partial charge on any atom is -0.313 e. The largest absolute Gasteiger partial charge is 0.313 e. The van der Waals surface area contributed by atoms with Crippen molar-refractivity contribution < 1.29 is 0 Å². The van der Waals surface area contributed by atoms with Gasteiger partial charge in [-0.2, -0.15) is 0 Å². The maximum Gasteiger partial charge on any atom is 0.0624 e. The molecule has 21 heavy (non-hydrogen) atoms. The standard InChI is InChI=1S/C18H27Cl2N/c1-3-5-11-18(4-2,13-21-15-9-10-15)12-14-7-6-8-16(19)17(14)20/h6-8,15,21H,3-5,9-13H2,1-2H3. The van der Waals surface area contributed by atoms with E-state index < -0.39 is 0 Å². The predicted molar refractivity (Wildman–Crippen MR) is 93.4 cm³/mol. The summed E-state index contributed by atoms with van der Waals surface area (Å²) in [6.07, 6.45) is 8.64. The molecule has 0 amide bonds. The molecule has 0 heterocycles. The zero-order valence-corrected chi connectivity index (χ0v) is 14.7. The van der Waals surface area contributed by atoms with Crippen LogP contribution in [0.1, 0.15) is 57.9 Å². The van der Waals surface area contributed by atoms with Gasteiger partial charge >= 0.3 is 0 Å². The molecule has 0 aliphatic heterocycles. The number of benzene rings is 1. The molecule has 1 N–H and O–H groups in total. The Balaban J connectivity index is 2.13. The van der Waals surface area contributed by atoms with Gasteiger partial charge in [-0.3, -0.25) is 0 Å². The first kappa shape index (κ1) is 17.1. The van der Waals surface area contributed by atoms with Crippen molar-refractivity contribution in [3.8, 4) is 0 Å². The monoisotopic (exact) mass is 327 g/mol. The van der Waals surface area contributed by atoms with Gasteiger partial charge in [-0.15, -0.1) is 0 Å². The molecule has 0 radical (unpaired) electrons. The van der Waals surface area contributed by atoms with E-state index in [4.69, 9.17) is 23.2 Å². The van der Waals surface area contributed by atoms with Gasteiger partial charge in [-0.25, -0.2) is 0 Å². The van der Waals surface area contributed by atoms with E-state index >= 15 is 0 Å². The van der Waals surface area contributed by atoms with Gasteiger partial charge in [0.05, 0.1) is 10.0 Å². The minimum absolute atomic E-state index is 0.299. The van der Waals surface area contributed by atoms with Crippen molar-refractivity contribution in [2.24, 2.45) is 5.41 Å². The molecule has 1 aromatic carbocycles. The SMILES string of the molecule is CCCCC(CC)(CNC1CC1)Cc1cccc(Cl)c1Cl. The van der Waals surface area contributed by atoms with Crippen molar-refractivity contribution in [1.82, 2.24) is 5.32 Å². The van der Waals surface area contributed by atoms with Crippen molar-refractivity contribution in [1.29, 1.82) is 0 Å². The van der Waals surface area contributed by atoms with Gasteiger partial charge in [0.2, 0.25) is 0 Å². The Morgan fingerprint density at radius 3 is 2.62 bits per heavy atom. The number of halogens is 2. The van der Waals surface area contributed by atoms with Crippen molar-refractivity contribution in [3.63, 3.8) is 0 Å². The molecule has 1 atom stereocenters. The highest BCUT2D eigenvalue weighted by atomic mass is 35.5. The van der Waals surface area contributed by atoms with E-state index in [1.807, 2.05) is 12.1 Å². The fourth-order valence-electron chi connectivity index (χ4n) is 2.96. The molecular formula is C18H27Cl2N. The first-order valence-corrected chi connectivity index (χ1v) is 9.02. The van der Waals surface area contributed by atoms with Crippen LogP contribution in [-0.2, 0) is 6.42 Å². The van der Waals surface area contributed by atoms with Gasteiger partial charge in [0, 0.05) is 12.6 Å². The molecule has 1 aliphatic carbocycles. The summed E-state index contributed by atoms with van der Waals surface area (Å²) in [5.74, 6) is 0. The molecule has 2 rings (SSSR count). The minimum atomic E-state index is 0.299. The van der Waals surface area contributed by atoms with Crippen molar-refractivity contribution >= 4 is 23.2 Å². The molecule has 1 saturated carbocycles. The second-order valence-corrected chi connectivity index (χ2v) is 7.29. The van der Waals surface area contributed by atoms with Crippen LogP contribution in [0.25, 0.3) is 0 Å². The molecule has 118 valence electrons. The van der Waals surface area contributed by atoms with Crippen LogP contribution in [0.15, 0.2) is 18.2 Å². The Morgan fingerprint density at radius 1 is 1.24 bits per heavy atom. The summed E-state index contributed by atoms with van der Waals surface area (Å²) in [5.41, 5.74) is 1.49. The third-order valence-corrected chi connectivity index (χ3v) is 5.61. The lowest BCUT2D eigenvalue weighted by atomic mass is 9.75. The molecule has 1 nitrogen and oxygen atoms in total. The van der Waals surface area contributed by atoms with Gasteiger partial charge < -0.3 is 5.32 Å². The van der Waals surface area contributed by atoms with Crippen LogP contribution >= 0.6 is 23.2 Å². The molecule has 3 heteroatoms. The third-order valence-electron chi connectivity index (χ3n) is 4.75. The molecule has 0 saturated heterocycles. The van der Waals surface area contributed by atoms with Crippen molar-refractivity contribution in [2.75, 3.05) is 6.54 Å². The normalized spacial score (nSPS) is 17.7. The smallest absolute Gasteiger partial charge is 0.0624 e. The number of nitrogens with one attached hydrogen (secondary N) is 1. The van der Waals surface area contributed by atoms with E-state index in [9.17, 15) is 0 Å². The van der Waals surface area contributed by atoms with E-state index in [2.05, 4.69) is 25.2 Å². The lowest BCUT2D eigenvalue weighted by molar-refractivity contribution is 0.228. The first-order chi connectivity index (χ1) is 10.1. The zero-order chi connectivity index (χ0) is 15.3. The van der Waals surface area contributed by atoms with Crippen molar-refractivity contribution in [2.45, 2.75) is 64.8 Å². The Bertz CT molecular complexity index is 457. The van der Waals surface area contributed by atoms with Crippen LogP contribution in [0.2, 0.25) is 10.0 Å². The first-order valence-electron chi connectivity index (χ1n) is 8.26. The van der Waals surface area contributed by atoms with E-state index in [1.165, 1.54) is 44.1 Å². The van der Waals surface area contributed by atoms with Crippen LogP contribution in [0.4, 0.5) is 0 Å². The predicted octanol–water partition coefficient (Wildman–Crippen LogP) is 5.87. The average Bonchev–Trinajstić information content (AvgIpc) is 3.31. The molecule has 1 aromatic rings. The fraction of sp³-hybridized carbons (Fsp3) is 0.667. The summed E-state index contributed by atoms with van der Waals surface area (Å²) in [5, 5.41) is 5.14. The number of unbranched alkanes of at least 4 members (excludes halogenated alkanes) is 1. The van der Waals surface area contributed by atoms with E-state index in [1.54, 1.807) is 0 Å². The van der Waals surface area contributed by atoms with Gasteiger partial charge in [-0.05, 0) is 49.1 Å². The van der Waals surface area contributed by atoms with E-state index in [-0.39, 0.29) is 0 Å². The highest BCUT2D eigenvalue weighted by Crippen LogP contribution is 2.37. The summed E-state index contributed by atoms with van der Waals surface area (Å²) < 4.78 is 0. The Kier molecular flexibility index (Phi) is 6.40. The molecular weight excluding hydrogens is 301 g/mol. The number of rotatable bonds is 9. The maximum atomic E-state index is 6.41. The van der Waals surface area contributed by atoms with E-state index in [0.29, 0.717) is 10.4 Å². The average molecular weight is 328 g/mol. The molecule has 0 spiro atoms. The van der Waals surface area contributed by atoms with Crippen LogP contribution in [0.3, 0.4) is 0 Å². The Labute approximate surface area is 139 Å². The van der Waals surface area contributed by atoms with Crippen molar-refractivity contribution in [3.05, 3.63) is 33.8 Å². The summed E-state index contributed by atoms with van der Waals surface area (Å²) in [6.45, 7) is 5.67. The van der Waals surface area contributed by atoms with Gasteiger partial charge in [0.25, 0.3) is 0 Å². The number of hydrogen-bond acceptors (Lipinski definition) is 1. The Hall–Kier alpha value is -0.240. The lowest BCUT2D eigenvalue weighted by Gasteiger charge is -2.34. The second-order valence-electron chi connectivity index (χ2n) is 6.50. The second kappa shape index (κ2) is 7.85. The highest BCUT2D eigenvalue weighted by molar-refractivity contribution is 6.42. The molecule has 0 aromatic heterocycles. The molecule has 1 aliphatic rings. The third kappa shape index (κ3) is 4.87. The zero-order valence-electron chi connectivity index (χ0n) is 13.2. The van der Waals surface area contributed by atoms with Crippen LogP contribution in [0, 0.1) is 5.41 Å². The molecule has 0 bridgehead atoms. The van der Waals surface area contributed by atoms with Gasteiger partial charge in [0.15, 0.2) is 0 Å². The van der Waals surface area contributed by atoms with Crippen LogP contribution in [0.5, 0.6) is 0 Å². The molecule has 1 fully saturated rings. The van der Waals surface area contributed by atoms with Crippen LogP contribution in [-0.4, -0.2) is 12.6 Å². The summed E-state index contributed by atoms with van der Waals surface area (Å²) in [6, 6.07) is 6.77. The van der Waals surface area contributed by atoms with Gasteiger partial charge in [-0.1, -0.05) is 62.0 Å². The summed E-state index contributed by atoms with van der Waals surface area (Å²) in [7, 11) is 0. The quantitative estimate of drug-likeness (QED) is 0.597. The molecule has 1 unspecified atom stereocenters.